The molecular weight excluding hydrogens is 338 g/mol. The molecule has 25 heavy (non-hydrogen) atoms. The highest BCUT2D eigenvalue weighted by molar-refractivity contribution is 7.13. The number of carbonyl (C=O) groups is 3. The summed E-state index contributed by atoms with van der Waals surface area (Å²) in [4.78, 5) is 38.3. The van der Waals surface area contributed by atoms with Crippen molar-refractivity contribution >= 4 is 29.0 Å². The molecule has 5 nitrogen and oxygen atoms in total. The highest BCUT2D eigenvalue weighted by Crippen LogP contribution is 2.42. The van der Waals surface area contributed by atoms with E-state index >= 15 is 0 Å². The Morgan fingerprint density at radius 3 is 2.52 bits per heavy atom. The monoisotopic (exact) mass is 361 g/mol. The number of ketones is 1. The van der Waals surface area contributed by atoms with Crippen LogP contribution in [-0.4, -0.2) is 29.3 Å². The smallest absolute Gasteiger partial charge is 0.311 e. The number of rotatable bonds is 7. The lowest BCUT2D eigenvalue weighted by molar-refractivity contribution is -0.139. The van der Waals surface area contributed by atoms with E-state index in [0.717, 1.165) is 53.8 Å². The molecule has 0 aromatic carbocycles. The Bertz CT molecular complexity index is 730. The van der Waals surface area contributed by atoms with Gasteiger partial charge in [0.1, 0.15) is 5.78 Å². The lowest BCUT2D eigenvalue weighted by Crippen LogP contribution is -2.28. The van der Waals surface area contributed by atoms with E-state index in [0.29, 0.717) is 24.4 Å². The molecule has 134 valence electrons. The van der Waals surface area contributed by atoms with E-state index in [9.17, 15) is 19.5 Å². The number of hydrogen-bond donors (Lipinski definition) is 2. The average Bonchev–Trinajstić information content (AvgIpc) is 3.48. The largest absolute Gasteiger partial charge is 0.481 e. The Kier molecular flexibility index (Phi) is 4.40. The van der Waals surface area contributed by atoms with Crippen LogP contribution in [0, 0.1) is 11.8 Å². The maximum absolute atomic E-state index is 12.8. The third-order valence-corrected chi connectivity index (χ3v) is 6.83. The van der Waals surface area contributed by atoms with Gasteiger partial charge in [-0.25, -0.2) is 0 Å². The van der Waals surface area contributed by atoms with E-state index in [1.54, 1.807) is 0 Å². The van der Waals surface area contributed by atoms with Crippen LogP contribution in [0.15, 0.2) is 0 Å². The zero-order valence-corrected chi connectivity index (χ0v) is 15.0. The number of carboxylic acid groups (broad SMARTS) is 1. The number of Topliss-reactive ketones (excluding diaryl/α,β-unsaturated/α-hetero) is 1. The van der Waals surface area contributed by atoms with Crippen LogP contribution in [0.5, 0.6) is 0 Å². The van der Waals surface area contributed by atoms with E-state index in [1.807, 2.05) is 0 Å². The van der Waals surface area contributed by atoms with Gasteiger partial charge in [-0.1, -0.05) is 0 Å². The Morgan fingerprint density at radius 2 is 1.88 bits per heavy atom. The van der Waals surface area contributed by atoms with E-state index in [4.69, 9.17) is 0 Å². The predicted octanol–water partition coefficient (Wildman–Crippen LogP) is 2.91. The first kappa shape index (κ1) is 16.8. The summed E-state index contributed by atoms with van der Waals surface area (Å²) in [5, 5.41) is 12.5. The number of carboxylic acids is 1. The normalized spacial score (nSPS) is 22.3. The molecule has 0 radical (unpaired) electrons. The van der Waals surface area contributed by atoms with Gasteiger partial charge in [-0.15, -0.1) is 11.3 Å². The van der Waals surface area contributed by atoms with Crippen molar-refractivity contribution in [1.82, 2.24) is 5.32 Å². The maximum atomic E-state index is 12.8. The highest BCUT2D eigenvalue weighted by atomic mass is 32.1. The fourth-order valence-electron chi connectivity index (χ4n) is 3.66. The van der Waals surface area contributed by atoms with Crippen molar-refractivity contribution in [2.75, 3.05) is 6.54 Å². The van der Waals surface area contributed by atoms with Gasteiger partial charge in [-0.05, 0) is 56.4 Å². The van der Waals surface area contributed by atoms with E-state index in [2.05, 4.69) is 5.32 Å². The Hall–Kier alpha value is -1.69. The minimum Gasteiger partial charge on any atom is -0.481 e. The summed E-state index contributed by atoms with van der Waals surface area (Å²) in [6.45, 7) is 0.682. The molecule has 1 aromatic heterocycles. The maximum Gasteiger partial charge on any atom is 0.311 e. The first-order valence-corrected chi connectivity index (χ1v) is 10.0. The fraction of sp³-hybridized carbons (Fsp3) is 0.632. The molecule has 2 fully saturated rings. The lowest BCUT2D eigenvalue weighted by atomic mass is 9.86. The molecule has 3 aliphatic rings. The van der Waals surface area contributed by atoms with Gasteiger partial charge in [0, 0.05) is 28.6 Å². The number of amides is 1. The van der Waals surface area contributed by atoms with Crippen LogP contribution in [0.1, 0.15) is 70.1 Å². The van der Waals surface area contributed by atoms with Crippen LogP contribution < -0.4 is 5.32 Å². The molecule has 1 amide bonds. The van der Waals surface area contributed by atoms with Crippen LogP contribution in [0.25, 0.3) is 0 Å². The molecule has 0 spiro atoms. The number of thiophene rings is 1. The Morgan fingerprint density at radius 1 is 1.12 bits per heavy atom. The van der Waals surface area contributed by atoms with Crippen LogP contribution in [0.3, 0.4) is 0 Å². The van der Waals surface area contributed by atoms with Crippen molar-refractivity contribution in [3.63, 3.8) is 0 Å². The number of carbonyl (C=O) groups excluding carboxylic acids is 2. The van der Waals surface area contributed by atoms with Crippen LogP contribution in [-0.2, 0) is 22.4 Å². The van der Waals surface area contributed by atoms with Crippen LogP contribution in [0.4, 0.5) is 0 Å². The van der Waals surface area contributed by atoms with Gasteiger partial charge in [0.05, 0.1) is 11.5 Å². The van der Waals surface area contributed by atoms with Gasteiger partial charge < -0.3 is 10.4 Å². The van der Waals surface area contributed by atoms with Gasteiger partial charge in [0.2, 0.25) is 0 Å². The SMILES string of the molecule is O=C(NCC1CC1)c1c(CC(=O)C2CC2)sc2c1CCCC2C(=O)O. The molecule has 1 unspecified atom stereocenters. The van der Waals surface area contributed by atoms with Gasteiger partial charge in [0.15, 0.2) is 0 Å². The third kappa shape index (κ3) is 3.50. The molecule has 0 aliphatic heterocycles. The molecule has 0 saturated heterocycles. The molecular formula is C19H23NO4S. The Labute approximate surface area is 150 Å². The van der Waals surface area contributed by atoms with E-state index in [1.165, 1.54) is 11.3 Å². The zero-order valence-electron chi connectivity index (χ0n) is 14.2. The van der Waals surface area contributed by atoms with Crippen molar-refractivity contribution in [3.05, 3.63) is 20.9 Å². The molecule has 1 aromatic rings. The summed E-state index contributed by atoms with van der Waals surface area (Å²) >= 11 is 1.39. The number of nitrogens with one attached hydrogen (secondary N) is 1. The topological polar surface area (TPSA) is 83.5 Å². The van der Waals surface area contributed by atoms with E-state index < -0.39 is 11.9 Å². The second-order valence-corrected chi connectivity index (χ2v) is 8.73. The molecule has 2 saturated carbocycles. The highest BCUT2D eigenvalue weighted by Gasteiger charge is 2.36. The second-order valence-electron chi connectivity index (χ2n) is 7.60. The summed E-state index contributed by atoms with van der Waals surface area (Å²) in [6, 6.07) is 0. The van der Waals surface area contributed by atoms with Crippen LogP contribution in [0.2, 0.25) is 0 Å². The van der Waals surface area contributed by atoms with Crippen molar-refractivity contribution in [2.24, 2.45) is 11.8 Å². The standard InChI is InChI=1S/C19H23NO4S/c21-14(11-6-7-11)8-15-16(18(22)20-9-10-4-5-10)12-2-1-3-13(19(23)24)17(12)25-15/h10-11,13H,1-9H2,(H,20,22)(H,23,24). The summed E-state index contributed by atoms with van der Waals surface area (Å²) in [6.07, 6.45) is 6.63. The molecule has 3 aliphatic carbocycles. The molecule has 6 heteroatoms. The Balaban J connectivity index is 1.65. The van der Waals surface area contributed by atoms with Crippen molar-refractivity contribution in [2.45, 2.75) is 57.3 Å². The number of fused-ring (bicyclic) bond motifs is 1. The molecule has 2 N–H and O–H groups in total. The zero-order chi connectivity index (χ0) is 17.6. The minimum absolute atomic E-state index is 0.117. The molecule has 0 bridgehead atoms. The predicted molar refractivity (Wildman–Crippen MR) is 94.1 cm³/mol. The van der Waals surface area contributed by atoms with Crippen LogP contribution >= 0.6 is 11.3 Å². The first-order valence-electron chi connectivity index (χ1n) is 9.22. The first-order chi connectivity index (χ1) is 12.0. The summed E-state index contributed by atoms with van der Waals surface area (Å²) in [5.74, 6) is -0.546. The quantitative estimate of drug-likeness (QED) is 0.782. The van der Waals surface area contributed by atoms with Crippen molar-refractivity contribution < 1.29 is 19.5 Å². The van der Waals surface area contributed by atoms with E-state index in [-0.39, 0.29) is 24.0 Å². The minimum atomic E-state index is -0.827. The third-order valence-electron chi connectivity index (χ3n) is 5.49. The van der Waals surface area contributed by atoms with Gasteiger partial charge in [0.25, 0.3) is 5.91 Å². The van der Waals surface area contributed by atoms with Crippen molar-refractivity contribution in [3.8, 4) is 0 Å². The van der Waals surface area contributed by atoms with Gasteiger partial charge >= 0.3 is 5.97 Å². The fourth-order valence-corrected chi connectivity index (χ4v) is 5.15. The van der Waals surface area contributed by atoms with Crippen molar-refractivity contribution in [1.29, 1.82) is 0 Å². The molecule has 4 rings (SSSR count). The molecule has 1 heterocycles. The summed E-state index contributed by atoms with van der Waals surface area (Å²) in [7, 11) is 0. The summed E-state index contributed by atoms with van der Waals surface area (Å²) in [5.41, 5.74) is 1.50. The second kappa shape index (κ2) is 6.56. The number of aliphatic carboxylic acids is 1. The molecule has 1 atom stereocenters. The van der Waals surface area contributed by atoms with Gasteiger partial charge in [-0.2, -0.15) is 0 Å². The lowest BCUT2D eigenvalue weighted by Gasteiger charge is -2.19. The average molecular weight is 361 g/mol. The summed E-state index contributed by atoms with van der Waals surface area (Å²) < 4.78 is 0. The number of hydrogen-bond acceptors (Lipinski definition) is 4. The van der Waals surface area contributed by atoms with Gasteiger partial charge in [-0.3, -0.25) is 14.4 Å².